The fourth-order valence-electron chi connectivity index (χ4n) is 3.56. The summed E-state index contributed by atoms with van der Waals surface area (Å²) in [4.78, 5) is 6.79. The summed E-state index contributed by atoms with van der Waals surface area (Å²) in [6.07, 6.45) is 1.55. The number of anilines is 2. The van der Waals surface area contributed by atoms with E-state index in [1.54, 1.807) is 16.9 Å². The van der Waals surface area contributed by atoms with Crippen LogP contribution >= 0.6 is 11.6 Å². The standard InChI is InChI=1S/C20H17ClFN5O/c21-13-12-23-27-16-6-2-1-5-15(16)24-19(25-20(13)27)18-14(22)4-3-7-17(18)26-8-10-28-11-9-26/h1-7,12H,8-11H2,(H,24,25). The molecule has 3 heterocycles. The summed E-state index contributed by atoms with van der Waals surface area (Å²) in [5.74, 6) is 0.510. The number of amidine groups is 1. The van der Waals surface area contributed by atoms with E-state index in [1.807, 2.05) is 30.3 Å². The number of rotatable bonds is 2. The van der Waals surface area contributed by atoms with E-state index in [1.165, 1.54) is 6.07 Å². The Morgan fingerprint density at radius 2 is 1.82 bits per heavy atom. The highest BCUT2D eigenvalue weighted by atomic mass is 35.5. The lowest BCUT2D eigenvalue weighted by atomic mass is 10.1. The van der Waals surface area contributed by atoms with E-state index in [0.29, 0.717) is 48.5 Å². The van der Waals surface area contributed by atoms with Crippen LogP contribution in [-0.4, -0.2) is 41.9 Å². The summed E-state index contributed by atoms with van der Waals surface area (Å²) < 4.78 is 22.2. The Morgan fingerprint density at radius 1 is 1.04 bits per heavy atom. The van der Waals surface area contributed by atoms with Gasteiger partial charge in [0.15, 0.2) is 5.82 Å². The molecule has 1 N–H and O–H groups in total. The van der Waals surface area contributed by atoms with Crippen LogP contribution in [0.4, 0.5) is 21.6 Å². The first-order valence-electron chi connectivity index (χ1n) is 9.02. The van der Waals surface area contributed by atoms with Crippen molar-refractivity contribution in [3.05, 3.63) is 65.1 Å². The molecule has 0 radical (unpaired) electrons. The van der Waals surface area contributed by atoms with Gasteiger partial charge in [0.25, 0.3) is 0 Å². The van der Waals surface area contributed by atoms with E-state index in [2.05, 4.69) is 20.3 Å². The van der Waals surface area contributed by atoms with Crippen LogP contribution in [0.15, 0.2) is 53.7 Å². The Labute approximate surface area is 166 Å². The molecule has 2 aliphatic rings. The van der Waals surface area contributed by atoms with Gasteiger partial charge in [0.05, 0.1) is 42.0 Å². The van der Waals surface area contributed by atoms with Gasteiger partial charge in [0, 0.05) is 13.1 Å². The van der Waals surface area contributed by atoms with Gasteiger partial charge in [-0.15, -0.1) is 0 Å². The molecule has 0 atom stereocenters. The monoisotopic (exact) mass is 397 g/mol. The van der Waals surface area contributed by atoms with E-state index >= 15 is 4.39 Å². The minimum atomic E-state index is -0.350. The summed E-state index contributed by atoms with van der Waals surface area (Å²) >= 11 is 6.34. The van der Waals surface area contributed by atoms with Crippen molar-refractivity contribution in [3.63, 3.8) is 0 Å². The third-order valence-corrected chi connectivity index (χ3v) is 5.15. The molecule has 0 unspecified atom stereocenters. The zero-order valence-electron chi connectivity index (χ0n) is 14.9. The minimum Gasteiger partial charge on any atom is -0.378 e. The molecule has 1 saturated heterocycles. The van der Waals surface area contributed by atoms with Crippen LogP contribution in [0.3, 0.4) is 0 Å². The molecule has 8 heteroatoms. The molecule has 0 aliphatic carbocycles. The van der Waals surface area contributed by atoms with Crippen molar-refractivity contribution in [2.24, 2.45) is 4.99 Å². The predicted molar refractivity (Wildman–Crippen MR) is 108 cm³/mol. The molecule has 0 saturated carbocycles. The Bertz CT molecular complexity index is 1070. The Balaban J connectivity index is 1.70. The van der Waals surface area contributed by atoms with Crippen molar-refractivity contribution in [3.8, 4) is 5.69 Å². The third kappa shape index (κ3) is 2.83. The first kappa shape index (κ1) is 17.2. The summed E-state index contributed by atoms with van der Waals surface area (Å²) in [7, 11) is 0. The average Bonchev–Trinajstić information content (AvgIpc) is 2.99. The van der Waals surface area contributed by atoms with E-state index in [-0.39, 0.29) is 5.82 Å². The van der Waals surface area contributed by atoms with Gasteiger partial charge in [0.2, 0.25) is 0 Å². The number of hydrogen-bond acceptors (Lipinski definition) is 5. The lowest BCUT2D eigenvalue weighted by Gasteiger charge is -2.31. The van der Waals surface area contributed by atoms with Crippen LogP contribution in [0.5, 0.6) is 0 Å². The lowest BCUT2D eigenvalue weighted by molar-refractivity contribution is 0.122. The first-order valence-corrected chi connectivity index (χ1v) is 9.40. The molecule has 1 aromatic heterocycles. The van der Waals surface area contributed by atoms with Crippen LogP contribution in [0.1, 0.15) is 5.56 Å². The molecule has 142 valence electrons. The summed E-state index contributed by atoms with van der Waals surface area (Å²) in [6, 6.07) is 12.7. The van der Waals surface area contributed by atoms with Crippen LogP contribution in [0, 0.1) is 5.82 Å². The predicted octanol–water partition coefficient (Wildman–Crippen LogP) is 4.01. The molecule has 6 nitrogen and oxygen atoms in total. The molecule has 0 bridgehead atoms. The average molecular weight is 398 g/mol. The lowest BCUT2D eigenvalue weighted by Crippen LogP contribution is -2.37. The van der Waals surface area contributed by atoms with Crippen LogP contribution < -0.4 is 10.2 Å². The second-order valence-corrected chi connectivity index (χ2v) is 6.97. The Hall–Kier alpha value is -2.90. The quantitative estimate of drug-likeness (QED) is 0.710. The van der Waals surface area contributed by atoms with E-state index in [0.717, 1.165) is 17.1 Å². The largest absolute Gasteiger partial charge is 0.378 e. The maximum absolute atomic E-state index is 15.1. The second-order valence-electron chi connectivity index (χ2n) is 6.56. The second kappa shape index (κ2) is 6.92. The molecule has 3 aromatic rings. The van der Waals surface area contributed by atoms with Gasteiger partial charge in [-0.05, 0) is 24.3 Å². The normalized spacial score (nSPS) is 15.9. The van der Waals surface area contributed by atoms with E-state index in [4.69, 9.17) is 16.3 Å². The molecule has 0 spiro atoms. The van der Waals surface area contributed by atoms with Crippen molar-refractivity contribution >= 4 is 34.6 Å². The molecule has 2 aromatic carbocycles. The van der Waals surface area contributed by atoms with Crippen molar-refractivity contribution in [2.45, 2.75) is 0 Å². The van der Waals surface area contributed by atoms with Gasteiger partial charge in [-0.2, -0.15) is 5.10 Å². The minimum absolute atomic E-state index is 0.350. The number of nitrogens with one attached hydrogen (secondary N) is 1. The van der Waals surface area contributed by atoms with E-state index < -0.39 is 0 Å². The highest BCUT2D eigenvalue weighted by Crippen LogP contribution is 2.36. The van der Waals surface area contributed by atoms with Crippen LogP contribution in [0.25, 0.3) is 5.69 Å². The summed E-state index contributed by atoms with van der Waals surface area (Å²) in [5, 5.41) is 8.03. The number of morpholine rings is 1. The molecule has 0 amide bonds. The maximum Gasteiger partial charge on any atom is 0.176 e. The number of aliphatic imine (C=N–C) groups is 1. The number of para-hydroxylation sites is 2. The Morgan fingerprint density at radius 3 is 2.68 bits per heavy atom. The van der Waals surface area contributed by atoms with Gasteiger partial charge in [0.1, 0.15) is 16.7 Å². The molecule has 2 aliphatic heterocycles. The third-order valence-electron chi connectivity index (χ3n) is 4.88. The van der Waals surface area contributed by atoms with Crippen molar-refractivity contribution < 1.29 is 9.13 Å². The SMILES string of the molecule is Fc1cccc(N2CCOCC2)c1C1=Nc2c(Cl)cnn2-c2ccccc2N1. The zero-order valence-corrected chi connectivity index (χ0v) is 15.7. The maximum atomic E-state index is 15.1. The molecule has 1 fully saturated rings. The number of hydrogen-bond donors (Lipinski definition) is 1. The van der Waals surface area contributed by atoms with Gasteiger partial charge in [-0.25, -0.2) is 14.1 Å². The number of fused-ring (bicyclic) bond motifs is 3. The number of nitrogens with zero attached hydrogens (tertiary/aromatic N) is 4. The van der Waals surface area contributed by atoms with Gasteiger partial charge in [-0.1, -0.05) is 29.8 Å². The highest BCUT2D eigenvalue weighted by Gasteiger charge is 2.25. The van der Waals surface area contributed by atoms with Crippen molar-refractivity contribution in [2.75, 3.05) is 36.5 Å². The fourth-order valence-corrected chi connectivity index (χ4v) is 3.72. The van der Waals surface area contributed by atoms with Gasteiger partial charge >= 0.3 is 0 Å². The summed E-state index contributed by atoms with van der Waals surface area (Å²) in [6.45, 7) is 2.60. The zero-order chi connectivity index (χ0) is 19.1. The topological polar surface area (TPSA) is 54.7 Å². The fraction of sp³-hybridized carbons (Fsp3) is 0.200. The number of aromatic nitrogens is 2. The van der Waals surface area contributed by atoms with E-state index in [9.17, 15) is 0 Å². The first-order chi connectivity index (χ1) is 13.7. The van der Waals surface area contributed by atoms with Crippen molar-refractivity contribution in [1.29, 1.82) is 0 Å². The Kier molecular flexibility index (Phi) is 4.26. The molecular formula is C20H17ClFN5O. The molecular weight excluding hydrogens is 381 g/mol. The van der Waals surface area contributed by atoms with Crippen LogP contribution in [-0.2, 0) is 4.74 Å². The van der Waals surface area contributed by atoms with Crippen LogP contribution in [0.2, 0.25) is 5.02 Å². The highest BCUT2D eigenvalue weighted by molar-refractivity contribution is 6.33. The number of ether oxygens (including phenoxy) is 1. The molecule has 28 heavy (non-hydrogen) atoms. The smallest absolute Gasteiger partial charge is 0.176 e. The summed E-state index contributed by atoms with van der Waals surface area (Å²) in [5.41, 5.74) is 2.75. The van der Waals surface area contributed by atoms with Gasteiger partial charge in [-0.3, -0.25) is 0 Å². The number of benzene rings is 2. The molecule has 5 rings (SSSR count). The van der Waals surface area contributed by atoms with Crippen molar-refractivity contribution in [1.82, 2.24) is 9.78 Å². The van der Waals surface area contributed by atoms with Gasteiger partial charge < -0.3 is 15.0 Å². The number of halogens is 2.